The van der Waals surface area contributed by atoms with Gasteiger partial charge in [-0.1, -0.05) is 11.6 Å². The van der Waals surface area contributed by atoms with Gasteiger partial charge in [0.25, 0.3) is 0 Å². The van der Waals surface area contributed by atoms with E-state index in [9.17, 15) is 4.79 Å². The van der Waals surface area contributed by atoms with E-state index >= 15 is 0 Å². The Morgan fingerprint density at radius 2 is 2.00 bits per heavy atom. The summed E-state index contributed by atoms with van der Waals surface area (Å²) in [5.74, 6) is 0.0975. The molecule has 0 spiro atoms. The maximum absolute atomic E-state index is 12.1. The van der Waals surface area contributed by atoms with Gasteiger partial charge >= 0.3 is 0 Å². The van der Waals surface area contributed by atoms with Crippen molar-refractivity contribution in [1.82, 2.24) is 4.90 Å². The highest BCUT2D eigenvalue weighted by Gasteiger charge is 2.18. The molecule has 0 aromatic heterocycles. The molecule has 1 aromatic rings. The summed E-state index contributed by atoms with van der Waals surface area (Å²) in [5.41, 5.74) is 0.686. The fourth-order valence-electron chi connectivity index (χ4n) is 1.48. The molecule has 0 fully saturated rings. The first-order valence-electron chi connectivity index (χ1n) is 5.55. The molecule has 0 aliphatic rings. The van der Waals surface area contributed by atoms with Crippen LogP contribution in [-0.4, -0.2) is 44.0 Å². The summed E-state index contributed by atoms with van der Waals surface area (Å²) in [6.45, 7) is 3.25. The SMILES string of the molecule is COCCN(C)C(C)C(=O)c1ccc(Cl)cc1. The van der Waals surface area contributed by atoms with Gasteiger partial charge in [-0.3, -0.25) is 9.69 Å². The average molecular weight is 256 g/mol. The zero-order valence-electron chi connectivity index (χ0n) is 10.4. The quantitative estimate of drug-likeness (QED) is 0.732. The van der Waals surface area contributed by atoms with Gasteiger partial charge in [-0.2, -0.15) is 0 Å². The Kier molecular flexibility index (Phi) is 5.62. The van der Waals surface area contributed by atoms with E-state index in [2.05, 4.69) is 0 Å². The van der Waals surface area contributed by atoms with E-state index in [0.717, 1.165) is 6.54 Å². The second kappa shape index (κ2) is 6.74. The van der Waals surface area contributed by atoms with Gasteiger partial charge < -0.3 is 4.74 Å². The van der Waals surface area contributed by atoms with Gasteiger partial charge in [0.2, 0.25) is 0 Å². The summed E-state index contributed by atoms with van der Waals surface area (Å²) in [5, 5.41) is 0.641. The lowest BCUT2D eigenvalue weighted by molar-refractivity contribution is 0.0826. The zero-order chi connectivity index (χ0) is 12.8. The predicted molar refractivity (Wildman–Crippen MR) is 69.8 cm³/mol. The molecule has 17 heavy (non-hydrogen) atoms. The number of hydrogen-bond donors (Lipinski definition) is 0. The third-order valence-corrected chi connectivity index (χ3v) is 3.07. The number of ether oxygens (including phenoxy) is 1. The fraction of sp³-hybridized carbons (Fsp3) is 0.462. The Labute approximate surface area is 107 Å². The molecule has 94 valence electrons. The largest absolute Gasteiger partial charge is 0.383 e. The van der Waals surface area contributed by atoms with E-state index in [1.54, 1.807) is 31.4 Å². The second-order valence-corrected chi connectivity index (χ2v) is 4.46. The molecule has 0 amide bonds. The predicted octanol–water partition coefficient (Wildman–Crippen LogP) is 2.49. The number of carbonyl (C=O) groups is 1. The van der Waals surface area contributed by atoms with Crippen molar-refractivity contribution in [2.75, 3.05) is 27.3 Å². The minimum atomic E-state index is -0.161. The Morgan fingerprint density at radius 3 is 2.53 bits per heavy atom. The molecule has 0 aliphatic carbocycles. The van der Waals surface area contributed by atoms with E-state index in [1.807, 2.05) is 18.9 Å². The van der Waals surface area contributed by atoms with Crippen molar-refractivity contribution in [3.8, 4) is 0 Å². The summed E-state index contributed by atoms with van der Waals surface area (Å²) >= 11 is 5.79. The van der Waals surface area contributed by atoms with Gasteiger partial charge in [-0.15, -0.1) is 0 Å². The number of methoxy groups -OCH3 is 1. The molecular formula is C13H18ClNO2. The highest BCUT2D eigenvalue weighted by Crippen LogP contribution is 2.12. The molecule has 1 aromatic carbocycles. The highest BCUT2D eigenvalue weighted by molar-refractivity contribution is 6.30. The van der Waals surface area contributed by atoms with Crippen molar-refractivity contribution in [2.24, 2.45) is 0 Å². The number of nitrogens with zero attached hydrogens (tertiary/aromatic N) is 1. The maximum atomic E-state index is 12.1. The Balaban J connectivity index is 2.65. The minimum absolute atomic E-state index is 0.0975. The van der Waals surface area contributed by atoms with Crippen LogP contribution >= 0.6 is 11.6 Å². The number of carbonyl (C=O) groups excluding carboxylic acids is 1. The monoisotopic (exact) mass is 255 g/mol. The first kappa shape index (κ1) is 14.2. The number of halogens is 1. The maximum Gasteiger partial charge on any atom is 0.179 e. The van der Waals surface area contributed by atoms with Crippen molar-refractivity contribution in [3.05, 3.63) is 34.9 Å². The first-order chi connectivity index (χ1) is 8.06. The van der Waals surface area contributed by atoms with Gasteiger partial charge in [-0.25, -0.2) is 0 Å². The van der Waals surface area contributed by atoms with Gasteiger partial charge in [0, 0.05) is 24.2 Å². The molecule has 0 radical (unpaired) electrons. The molecule has 0 N–H and O–H groups in total. The van der Waals surface area contributed by atoms with E-state index in [1.165, 1.54) is 0 Å². The molecular weight excluding hydrogens is 238 g/mol. The summed E-state index contributed by atoms with van der Waals surface area (Å²) in [7, 11) is 3.57. The lowest BCUT2D eigenvalue weighted by atomic mass is 10.0. The molecule has 4 heteroatoms. The van der Waals surface area contributed by atoms with Gasteiger partial charge in [0.15, 0.2) is 5.78 Å². The number of Topliss-reactive ketones (excluding diaryl/α,β-unsaturated/α-hetero) is 1. The summed E-state index contributed by atoms with van der Waals surface area (Å²) in [6, 6.07) is 6.82. The molecule has 0 saturated carbocycles. The smallest absolute Gasteiger partial charge is 0.179 e. The van der Waals surface area contributed by atoms with Crippen LogP contribution in [0.3, 0.4) is 0 Å². The molecule has 1 unspecified atom stereocenters. The molecule has 0 heterocycles. The molecule has 0 bridgehead atoms. The summed E-state index contributed by atoms with van der Waals surface area (Å²) < 4.78 is 4.99. The molecule has 3 nitrogen and oxygen atoms in total. The van der Waals surface area contributed by atoms with Gasteiger partial charge in [0.1, 0.15) is 0 Å². The average Bonchev–Trinajstić information content (AvgIpc) is 2.35. The normalized spacial score (nSPS) is 12.8. The topological polar surface area (TPSA) is 29.5 Å². The van der Waals surface area contributed by atoms with E-state index < -0.39 is 0 Å². The van der Waals surface area contributed by atoms with E-state index in [0.29, 0.717) is 17.2 Å². The van der Waals surface area contributed by atoms with Crippen molar-refractivity contribution >= 4 is 17.4 Å². The molecule has 1 rings (SSSR count). The van der Waals surface area contributed by atoms with Gasteiger partial charge in [-0.05, 0) is 38.2 Å². The van der Waals surface area contributed by atoms with Crippen molar-refractivity contribution < 1.29 is 9.53 Å². The van der Waals surface area contributed by atoms with Crippen molar-refractivity contribution in [1.29, 1.82) is 0 Å². The standard InChI is InChI=1S/C13H18ClNO2/c1-10(15(2)8-9-17-3)13(16)11-4-6-12(14)7-5-11/h4-7,10H,8-9H2,1-3H3. The van der Waals surface area contributed by atoms with Crippen LogP contribution in [0.4, 0.5) is 0 Å². The van der Waals surface area contributed by atoms with Crippen molar-refractivity contribution in [3.63, 3.8) is 0 Å². The lowest BCUT2D eigenvalue weighted by Crippen LogP contribution is -2.38. The minimum Gasteiger partial charge on any atom is -0.383 e. The number of benzene rings is 1. The number of likely N-dealkylation sites (N-methyl/N-ethyl adjacent to an activating group) is 1. The van der Waals surface area contributed by atoms with Crippen LogP contribution in [0.5, 0.6) is 0 Å². The Bertz CT molecular complexity index is 364. The number of hydrogen-bond acceptors (Lipinski definition) is 3. The van der Waals surface area contributed by atoms with Crippen LogP contribution in [0, 0.1) is 0 Å². The third-order valence-electron chi connectivity index (χ3n) is 2.82. The van der Waals surface area contributed by atoms with Crippen LogP contribution in [0.1, 0.15) is 17.3 Å². The van der Waals surface area contributed by atoms with Gasteiger partial charge in [0.05, 0.1) is 12.6 Å². The summed E-state index contributed by atoms with van der Waals surface area (Å²) in [6.07, 6.45) is 0. The van der Waals surface area contributed by atoms with Crippen LogP contribution in [0.25, 0.3) is 0 Å². The first-order valence-corrected chi connectivity index (χ1v) is 5.93. The molecule has 0 aliphatic heterocycles. The van der Waals surface area contributed by atoms with Crippen LogP contribution in [0.15, 0.2) is 24.3 Å². The fourth-order valence-corrected chi connectivity index (χ4v) is 1.61. The third kappa shape index (κ3) is 4.11. The lowest BCUT2D eigenvalue weighted by Gasteiger charge is -2.23. The van der Waals surface area contributed by atoms with Crippen LogP contribution < -0.4 is 0 Å². The molecule has 1 atom stereocenters. The van der Waals surface area contributed by atoms with Crippen LogP contribution in [0.2, 0.25) is 5.02 Å². The Morgan fingerprint density at radius 1 is 1.41 bits per heavy atom. The van der Waals surface area contributed by atoms with E-state index in [-0.39, 0.29) is 11.8 Å². The highest BCUT2D eigenvalue weighted by atomic mass is 35.5. The Hall–Kier alpha value is -0.900. The van der Waals surface area contributed by atoms with E-state index in [4.69, 9.17) is 16.3 Å². The van der Waals surface area contributed by atoms with Crippen LogP contribution in [-0.2, 0) is 4.74 Å². The van der Waals surface area contributed by atoms with Crippen molar-refractivity contribution in [2.45, 2.75) is 13.0 Å². The number of ketones is 1. The zero-order valence-corrected chi connectivity index (χ0v) is 11.2. The second-order valence-electron chi connectivity index (χ2n) is 4.02. The number of rotatable bonds is 6. The molecule has 0 saturated heterocycles. The summed E-state index contributed by atoms with van der Waals surface area (Å²) in [4.78, 5) is 14.1.